The molecule has 2 amide bonds. The first-order chi connectivity index (χ1) is 12.5. The number of hydrogen-bond acceptors (Lipinski definition) is 3. The normalized spacial score (nSPS) is 10.4. The van der Waals surface area contributed by atoms with Crippen molar-refractivity contribution in [2.45, 2.75) is 44.9 Å². The lowest BCUT2D eigenvalue weighted by molar-refractivity contribution is -0.116. The molecule has 0 heterocycles. The van der Waals surface area contributed by atoms with Crippen LogP contribution in [-0.2, 0) is 9.59 Å². The Morgan fingerprint density at radius 2 is 1.50 bits per heavy atom. The average Bonchev–Trinajstić information content (AvgIpc) is 2.58. The lowest BCUT2D eigenvalue weighted by Crippen LogP contribution is -2.14. The van der Waals surface area contributed by atoms with Gasteiger partial charge in [0.15, 0.2) is 0 Å². The van der Waals surface area contributed by atoms with Crippen molar-refractivity contribution in [3.63, 3.8) is 0 Å². The fourth-order valence-electron chi connectivity index (χ4n) is 2.59. The largest absolute Gasteiger partial charge is 0.326 e. The van der Waals surface area contributed by atoms with Crippen molar-refractivity contribution in [3.8, 4) is 0 Å². The van der Waals surface area contributed by atoms with Crippen molar-refractivity contribution < 1.29 is 9.59 Å². The highest BCUT2D eigenvalue weighted by atomic mass is 32.2. The summed E-state index contributed by atoms with van der Waals surface area (Å²) >= 11 is 1.47. The quantitative estimate of drug-likeness (QED) is 0.631. The zero-order chi connectivity index (χ0) is 18.9. The van der Waals surface area contributed by atoms with Gasteiger partial charge >= 0.3 is 0 Å². The molecule has 5 heteroatoms. The Balaban J connectivity index is 1.81. The molecule has 4 nitrogen and oxygen atoms in total. The molecule has 0 bridgehead atoms. The minimum absolute atomic E-state index is 0.0306. The third-order valence-electron chi connectivity index (χ3n) is 3.77. The first kappa shape index (κ1) is 20.0. The number of carbonyl (C=O) groups is 2. The van der Waals surface area contributed by atoms with E-state index in [0.717, 1.165) is 40.2 Å². The van der Waals surface area contributed by atoms with Crippen LogP contribution in [0, 0.1) is 13.8 Å². The number of unbranched alkanes of at least 4 members (excludes halogenated alkanes) is 1. The van der Waals surface area contributed by atoms with Crippen LogP contribution in [0.2, 0.25) is 0 Å². The summed E-state index contributed by atoms with van der Waals surface area (Å²) in [7, 11) is 0. The van der Waals surface area contributed by atoms with Gasteiger partial charge in [-0.3, -0.25) is 9.59 Å². The van der Waals surface area contributed by atoms with Crippen molar-refractivity contribution in [3.05, 3.63) is 53.6 Å². The van der Waals surface area contributed by atoms with Crippen LogP contribution in [0.15, 0.2) is 47.4 Å². The minimum Gasteiger partial charge on any atom is -0.326 e. The molecule has 0 radical (unpaired) electrons. The van der Waals surface area contributed by atoms with Crippen molar-refractivity contribution in [2.75, 3.05) is 16.4 Å². The molecule has 0 aliphatic carbocycles. The Morgan fingerprint density at radius 3 is 2.12 bits per heavy atom. The second kappa shape index (κ2) is 10.0. The summed E-state index contributed by atoms with van der Waals surface area (Å²) in [6.45, 7) is 6.09. The van der Waals surface area contributed by atoms with E-state index in [9.17, 15) is 9.59 Å². The third-order valence-corrected chi connectivity index (χ3v) is 4.78. The van der Waals surface area contributed by atoms with Crippen LogP contribution in [0.25, 0.3) is 0 Å². The molecule has 0 aromatic heterocycles. The highest BCUT2D eigenvalue weighted by molar-refractivity contribution is 8.00. The van der Waals surface area contributed by atoms with E-state index >= 15 is 0 Å². The molecule has 0 unspecified atom stereocenters. The first-order valence-corrected chi connectivity index (χ1v) is 9.85. The average molecular weight is 371 g/mol. The Hall–Kier alpha value is -2.27. The number of aryl methyl sites for hydroxylation is 2. The highest BCUT2D eigenvalue weighted by Gasteiger charge is 2.06. The molecule has 0 spiro atoms. The number of carbonyl (C=O) groups excluding carboxylic acids is 2. The number of amides is 2. The lowest BCUT2D eigenvalue weighted by Gasteiger charge is -2.08. The van der Waals surface area contributed by atoms with Crippen LogP contribution in [-0.4, -0.2) is 17.6 Å². The zero-order valence-electron chi connectivity index (χ0n) is 15.6. The molecule has 0 saturated carbocycles. The van der Waals surface area contributed by atoms with Gasteiger partial charge in [-0.15, -0.1) is 11.8 Å². The van der Waals surface area contributed by atoms with E-state index in [0.29, 0.717) is 12.2 Å². The Kier molecular flexibility index (Phi) is 7.73. The number of thioether (sulfide) groups is 1. The van der Waals surface area contributed by atoms with E-state index in [1.165, 1.54) is 11.8 Å². The third kappa shape index (κ3) is 6.92. The number of benzene rings is 2. The second-order valence-corrected chi connectivity index (χ2v) is 7.44. The molecule has 26 heavy (non-hydrogen) atoms. The number of rotatable bonds is 8. The maximum atomic E-state index is 12.1. The number of nitrogens with one attached hydrogen (secondary N) is 2. The summed E-state index contributed by atoms with van der Waals surface area (Å²) in [5, 5.41) is 5.82. The van der Waals surface area contributed by atoms with Crippen molar-refractivity contribution in [1.82, 2.24) is 0 Å². The van der Waals surface area contributed by atoms with Gasteiger partial charge in [-0.2, -0.15) is 0 Å². The van der Waals surface area contributed by atoms with E-state index in [1.54, 1.807) is 0 Å². The van der Waals surface area contributed by atoms with Gasteiger partial charge < -0.3 is 10.6 Å². The van der Waals surface area contributed by atoms with Crippen LogP contribution < -0.4 is 10.6 Å². The van der Waals surface area contributed by atoms with Crippen LogP contribution in [0.1, 0.15) is 37.3 Å². The summed E-state index contributed by atoms with van der Waals surface area (Å²) in [6.07, 6.45) is 2.45. The molecular weight excluding hydrogens is 344 g/mol. The molecular formula is C21H26N2O2S. The molecule has 2 aromatic rings. The molecule has 0 fully saturated rings. The topological polar surface area (TPSA) is 58.2 Å². The van der Waals surface area contributed by atoms with Crippen LogP contribution in [0.3, 0.4) is 0 Å². The summed E-state index contributed by atoms with van der Waals surface area (Å²) in [6, 6.07) is 13.6. The molecule has 2 aromatic carbocycles. The first-order valence-electron chi connectivity index (χ1n) is 8.87. The van der Waals surface area contributed by atoms with E-state index in [-0.39, 0.29) is 11.8 Å². The zero-order valence-corrected chi connectivity index (χ0v) is 16.4. The lowest BCUT2D eigenvalue weighted by atomic mass is 10.1. The predicted molar refractivity (Wildman–Crippen MR) is 110 cm³/mol. The Bertz CT molecular complexity index is 737. The van der Waals surface area contributed by atoms with Crippen LogP contribution >= 0.6 is 11.8 Å². The molecule has 138 valence electrons. The van der Waals surface area contributed by atoms with Gasteiger partial charge in [-0.25, -0.2) is 0 Å². The van der Waals surface area contributed by atoms with E-state index < -0.39 is 0 Å². The predicted octanol–water partition coefficient (Wildman–Crippen LogP) is 5.16. The van der Waals surface area contributed by atoms with Gasteiger partial charge in [0.25, 0.3) is 0 Å². The summed E-state index contributed by atoms with van der Waals surface area (Å²) in [5.41, 5.74) is 3.88. The van der Waals surface area contributed by atoms with Crippen LogP contribution in [0.5, 0.6) is 0 Å². The number of hydrogen-bond donors (Lipinski definition) is 2. The summed E-state index contributed by atoms with van der Waals surface area (Å²) in [4.78, 5) is 24.8. The Morgan fingerprint density at radius 1 is 0.885 bits per heavy atom. The fraction of sp³-hybridized carbons (Fsp3) is 0.333. The van der Waals surface area contributed by atoms with Gasteiger partial charge in [0.1, 0.15) is 0 Å². The summed E-state index contributed by atoms with van der Waals surface area (Å²) in [5.74, 6) is 0.354. The van der Waals surface area contributed by atoms with Crippen molar-refractivity contribution in [2.24, 2.45) is 0 Å². The monoisotopic (exact) mass is 370 g/mol. The second-order valence-electron chi connectivity index (χ2n) is 6.39. The molecule has 0 saturated heterocycles. The van der Waals surface area contributed by atoms with Gasteiger partial charge in [0.2, 0.25) is 11.8 Å². The maximum absolute atomic E-state index is 12.1. The fourth-order valence-corrected chi connectivity index (χ4v) is 3.29. The van der Waals surface area contributed by atoms with Crippen molar-refractivity contribution >= 4 is 35.0 Å². The standard InChI is InChI=1S/C21H26N2O2S/c1-4-5-6-20(24)22-17-7-9-19(10-8-17)26-14-21(25)23-18-12-15(2)11-16(3)13-18/h7-13H,4-6,14H2,1-3H3,(H,22,24)(H,23,25). The number of anilines is 2. The SMILES string of the molecule is CCCCC(=O)Nc1ccc(SCC(=O)Nc2cc(C)cc(C)c2)cc1. The van der Waals surface area contributed by atoms with E-state index in [2.05, 4.69) is 23.6 Å². The van der Waals surface area contributed by atoms with E-state index in [4.69, 9.17) is 0 Å². The maximum Gasteiger partial charge on any atom is 0.234 e. The van der Waals surface area contributed by atoms with Gasteiger partial charge in [-0.1, -0.05) is 19.4 Å². The van der Waals surface area contributed by atoms with Crippen molar-refractivity contribution in [1.29, 1.82) is 0 Å². The Labute approximate surface area is 159 Å². The summed E-state index contributed by atoms with van der Waals surface area (Å²) < 4.78 is 0. The van der Waals surface area contributed by atoms with Gasteiger partial charge in [0.05, 0.1) is 5.75 Å². The van der Waals surface area contributed by atoms with Crippen LogP contribution in [0.4, 0.5) is 11.4 Å². The van der Waals surface area contributed by atoms with Gasteiger partial charge in [-0.05, 0) is 67.8 Å². The molecule has 0 atom stereocenters. The molecule has 0 aliphatic rings. The van der Waals surface area contributed by atoms with E-state index in [1.807, 2.05) is 50.2 Å². The highest BCUT2D eigenvalue weighted by Crippen LogP contribution is 2.21. The van der Waals surface area contributed by atoms with Gasteiger partial charge in [0, 0.05) is 22.7 Å². The molecule has 2 rings (SSSR count). The minimum atomic E-state index is -0.0306. The molecule has 0 aliphatic heterocycles. The smallest absolute Gasteiger partial charge is 0.234 e. The molecule has 2 N–H and O–H groups in total.